The average Bonchev–Trinajstić information content (AvgIpc) is 2.62. The van der Waals surface area contributed by atoms with Gasteiger partial charge in [-0.3, -0.25) is 9.69 Å². The van der Waals surface area contributed by atoms with Gasteiger partial charge in [0.1, 0.15) is 0 Å². The molecular formula is C20H30N2O. The molecule has 1 aromatic carbocycles. The van der Waals surface area contributed by atoms with Crippen LogP contribution in [0.5, 0.6) is 0 Å². The van der Waals surface area contributed by atoms with Gasteiger partial charge in [0.15, 0.2) is 0 Å². The topological polar surface area (TPSA) is 46.3 Å². The molecule has 2 aliphatic rings. The van der Waals surface area contributed by atoms with E-state index in [2.05, 4.69) is 42.2 Å². The fourth-order valence-corrected chi connectivity index (χ4v) is 5.28. The lowest BCUT2D eigenvalue weighted by Gasteiger charge is -2.58. The molecule has 1 aromatic rings. The zero-order valence-corrected chi connectivity index (χ0v) is 14.4. The summed E-state index contributed by atoms with van der Waals surface area (Å²) in [5, 5.41) is 0. The third-order valence-corrected chi connectivity index (χ3v) is 6.41. The first-order chi connectivity index (χ1) is 11.2. The summed E-state index contributed by atoms with van der Waals surface area (Å²) in [5.74, 6) is -0.103. The zero-order chi connectivity index (χ0) is 16.3. The second-order valence-corrected chi connectivity index (χ2v) is 7.28. The number of hydrogen-bond donors (Lipinski definition) is 1. The van der Waals surface area contributed by atoms with Crippen LogP contribution in [0.4, 0.5) is 0 Å². The highest BCUT2D eigenvalue weighted by Crippen LogP contribution is 2.56. The van der Waals surface area contributed by atoms with Crippen molar-refractivity contribution in [1.82, 2.24) is 4.90 Å². The normalized spacial score (nSPS) is 32.6. The Morgan fingerprint density at radius 1 is 1.04 bits per heavy atom. The number of carbonyl (C=O) groups is 1. The molecule has 2 fully saturated rings. The van der Waals surface area contributed by atoms with Crippen LogP contribution in [0.15, 0.2) is 30.3 Å². The minimum Gasteiger partial charge on any atom is -0.369 e. The largest absolute Gasteiger partial charge is 0.369 e. The summed E-state index contributed by atoms with van der Waals surface area (Å²) >= 11 is 0. The van der Waals surface area contributed by atoms with E-state index in [1.807, 2.05) is 0 Å². The van der Waals surface area contributed by atoms with Crippen LogP contribution >= 0.6 is 0 Å². The number of nitrogens with two attached hydrogens (primary N) is 1. The van der Waals surface area contributed by atoms with E-state index in [9.17, 15) is 4.79 Å². The van der Waals surface area contributed by atoms with Crippen molar-refractivity contribution < 1.29 is 4.79 Å². The van der Waals surface area contributed by atoms with Crippen LogP contribution in [0.1, 0.15) is 63.9 Å². The van der Waals surface area contributed by atoms with E-state index >= 15 is 0 Å². The first kappa shape index (κ1) is 16.5. The van der Waals surface area contributed by atoms with Crippen LogP contribution in [-0.2, 0) is 10.3 Å². The summed E-state index contributed by atoms with van der Waals surface area (Å²) in [7, 11) is 0. The number of piperidine rings is 1. The number of rotatable bonds is 4. The van der Waals surface area contributed by atoms with Crippen LogP contribution in [0, 0.1) is 5.41 Å². The lowest BCUT2D eigenvalue weighted by atomic mass is 9.55. The van der Waals surface area contributed by atoms with Crippen molar-refractivity contribution in [2.75, 3.05) is 13.1 Å². The predicted molar refractivity (Wildman–Crippen MR) is 93.9 cm³/mol. The second-order valence-electron chi connectivity index (χ2n) is 7.28. The van der Waals surface area contributed by atoms with Crippen molar-refractivity contribution in [3.05, 3.63) is 35.9 Å². The van der Waals surface area contributed by atoms with Gasteiger partial charge in [0, 0.05) is 0 Å². The lowest BCUT2D eigenvalue weighted by molar-refractivity contribution is -0.149. The van der Waals surface area contributed by atoms with Crippen LogP contribution in [0.25, 0.3) is 0 Å². The van der Waals surface area contributed by atoms with E-state index in [1.165, 1.54) is 31.2 Å². The van der Waals surface area contributed by atoms with E-state index in [0.717, 1.165) is 38.8 Å². The molecule has 3 heteroatoms. The maximum Gasteiger partial charge on any atom is 0.225 e. The summed E-state index contributed by atoms with van der Waals surface area (Å²) < 4.78 is 0. The third-order valence-electron chi connectivity index (χ3n) is 6.41. The Labute approximate surface area is 140 Å². The molecule has 0 bridgehead atoms. The third kappa shape index (κ3) is 2.50. The second kappa shape index (κ2) is 6.64. The molecule has 3 rings (SSSR count). The molecule has 1 saturated heterocycles. The number of amides is 1. The molecule has 1 heterocycles. The molecule has 23 heavy (non-hydrogen) atoms. The van der Waals surface area contributed by atoms with Crippen molar-refractivity contribution >= 4 is 5.91 Å². The molecule has 3 nitrogen and oxygen atoms in total. The van der Waals surface area contributed by atoms with E-state index < -0.39 is 5.41 Å². The average molecular weight is 314 g/mol. The number of nitrogens with zero attached hydrogens (tertiary/aromatic N) is 1. The van der Waals surface area contributed by atoms with Crippen molar-refractivity contribution in [3.8, 4) is 0 Å². The number of benzene rings is 1. The summed E-state index contributed by atoms with van der Waals surface area (Å²) in [4.78, 5) is 15.3. The fourth-order valence-electron chi connectivity index (χ4n) is 5.28. The van der Waals surface area contributed by atoms with Crippen LogP contribution in [-0.4, -0.2) is 23.9 Å². The molecule has 2 unspecified atom stereocenters. The molecule has 1 amide bonds. The van der Waals surface area contributed by atoms with Gasteiger partial charge in [-0.2, -0.15) is 0 Å². The molecule has 1 saturated carbocycles. The van der Waals surface area contributed by atoms with Crippen molar-refractivity contribution in [1.29, 1.82) is 0 Å². The van der Waals surface area contributed by atoms with Crippen molar-refractivity contribution in [2.45, 2.75) is 63.8 Å². The smallest absolute Gasteiger partial charge is 0.225 e. The number of likely N-dealkylation sites (tertiary alicyclic amines) is 1. The first-order valence-corrected chi connectivity index (χ1v) is 9.28. The Morgan fingerprint density at radius 3 is 2.30 bits per heavy atom. The van der Waals surface area contributed by atoms with Gasteiger partial charge in [-0.25, -0.2) is 0 Å². The molecule has 0 spiro atoms. The number of primary amides is 1. The standard InChI is InChI=1S/C20H30N2O/c1-2-19(18(21)23)13-7-8-14-20(19,17-11-5-3-6-12-17)22-15-9-4-10-16-22/h3,5-6,11-12H,2,4,7-10,13-16H2,1H3,(H2,21,23). The minimum absolute atomic E-state index is 0.103. The summed E-state index contributed by atoms with van der Waals surface area (Å²) in [6, 6.07) is 10.7. The summed E-state index contributed by atoms with van der Waals surface area (Å²) in [6.45, 7) is 4.32. The summed E-state index contributed by atoms with van der Waals surface area (Å²) in [5.41, 5.74) is 6.71. The van der Waals surface area contributed by atoms with Crippen molar-refractivity contribution in [3.63, 3.8) is 0 Å². The maximum atomic E-state index is 12.7. The SMILES string of the molecule is CCC1(C(N)=O)CCCCC1(c1ccccc1)N1CCCCC1. The van der Waals surface area contributed by atoms with Crippen LogP contribution in [0.2, 0.25) is 0 Å². The monoisotopic (exact) mass is 314 g/mol. The Balaban J connectivity index is 2.18. The molecule has 126 valence electrons. The van der Waals surface area contributed by atoms with Crippen LogP contribution in [0.3, 0.4) is 0 Å². The predicted octanol–water partition coefficient (Wildman–Crippen LogP) is 3.82. The van der Waals surface area contributed by atoms with Gasteiger partial charge in [0.25, 0.3) is 0 Å². The molecule has 1 aliphatic heterocycles. The van der Waals surface area contributed by atoms with E-state index in [-0.39, 0.29) is 11.4 Å². The van der Waals surface area contributed by atoms with Gasteiger partial charge in [0.05, 0.1) is 11.0 Å². The first-order valence-electron chi connectivity index (χ1n) is 9.28. The Bertz CT molecular complexity index is 538. The van der Waals surface area contributed by atoms with Crippen molar-refractivity contribution in [2.24, 2.45) is 11.1 Å². The summed E-state index contributed by atoms with van der Waals surface area (Å²) in [6.07, 6.45) is 8.85. The highest BCUT2D eigenvalue weighted by atomic mass is 16.1. The highest BCUT2D eigenvalue weighted by Gasteiger charge is 2.59. The lowest BCUT2D eigenvalue weighted by Crippen LogP contribution is -2.64. The number of hydrogen-bond acceptors (Lipinski definition) is 2. The van der Waals surface area contributed by atoms with Gasteiger partial charge in [-0.15, -0.1) is 0 Å². The highest BCUT2D eigenvalue weighted by molar-refractivity contribution is 5.83. The Kier molecular flexibility index (Phi) is 4.77. The molecule has 2 atom stereocenters. The molecular weight excluding hydrogens is 284 g/mol. The molecule has 1 aliphatic carbocycles. The van der Waals surface area contributed by atoms with Gasteiger partial charge in [0.2, 0.25) is 5.91 Å². The zero-order valence-electron chi connectivity index (χ0n) is 14.4. The van der Waals surface area contributed by atoms with E-state index in [1.54, 1.807) is 0 Å². The Hall–Kier alpha value is -1.35. The quantitative estimate of drug-likeness (QED) is 0.918. The fraction of sp³-hybridized carbons (Fsp3) is 0.650. The van der Waals surface area contributed by atoms with Gasteiger partial charge in [-0.05, 0) is 50.8 Å². The molecule has 0 radical (unpaired) electrons. The van der Waals surface area contributed by atoms with E-state index in [0.29, 0.717) is 0 Å². The molecule has 0 aromatic heterocycles. The van der Waals surface area contributed by atoms with Gasteiger partial charge >= 0.3 is 0 Å². The molecule has 2 N–H and O–H groups in total. The maximum absolute atomic E-state index is 12.7. The van der Waals surface area contributed by atoms with Crippen LogP contribution < -0.4 is 5.73 Å². The van der Waals surface area contributed by atoms with E-state index in [4.69, 9.17) is 5.73 Å². The Morgan fingerprint density at radius 2 is 1.70 bits per heavy atom. The number of carbonyl (C=O) groups excluding carboxylic acids is 1. The minimum atomic E-state index is -0.441. The van der Waals surface area contributed by atoms with Gasteiger partial charge in [-0.1, -0.05) is 56.5 Å². The van der Waals surface area contributed by atoms with Gasteiger partial charge < -0.3 is 5.73 Å².